The van der Waals surface area contributed by atoms with Crippen LogP contribution in [-0.4, -0.2) is 6.54 Å². The zero-order valence-electron chi connectivity index (χ0n) is 10.1. The Labute approximate surface area is 118 Å². The van der Waals surface area contributed by atoms with Gasteiger partial charge in [0, 0.05) is 12.6 Å². The Morgan fingerprint density at radius 3 is 2.58 bits per heavy atom. The molecule has 5 heteroatoms. The van der Waals surface area contributed by atoms with Crippen molar-refractivity contribution in [2.75, 3.05) is 17.6 Å². The third-order valence-corrected chi connectivity index (χ3v) is 3.37. The predicted octanol–water partition coefficient (Wildman–Crippen LogP) is 3.96. The molecule has 0 aliphatic heterocycles. The Morgan fingerprint density at radius 2 is 1.84 bits per heavy atom. The number of nitrogen functional groups attached to an aromatic ring is 1. The highest BCUT2D eigenvalue weighted by atomic mass is 79.9. The Morgan fingerprint density at radius 1 is 1.11 bits per heavy atom. The minimum absolute atomic E-state index is 0.237. The normalized spacial score (nSPS) is 10.5. The molecule has 0 spiro atoms. The Balaban J connectivity index is 2.00. The molecule has 0 bridgehead atoms. The van der Waals surface area contributed by atoms with Crippen molar-refractivity contribution in [3.8, 4) is 0 Å². The molecular weight excluding hydrogens is 314 g/mol. The van der Waals surface area contributed by atoms with Crippen LogP contribution in [0.5, 0.6) is 0 Å². The van der Waals surface area contributed by atoms with Gasteiger partial charge in [-0.25, -0.2) is 8.78 Å². The van der Waals surface area contributed by atoms with Crippen LogP contribution >= 0.6 is 15.9 Å². The van der Waals surface area contributed by atoms with Crippen molar-refractivity contribution >= 4 is 27.3 Å². The van der Waals surface area contributed by atoms with E-state index in [1.807, 2.05) is 0 Å². The molecule has 2 rings (SSSR count). The molecule has 0 heterocycles. The molecular formula is C14H13BrF2N2. The van der Waals surface area contributed by atoms with E-state index in [4.69, 9.17) is 5.73 Å². The minimum Gasteiger partial charge on any atom is -0.397 e. The summed E-state index contributed by atoms with van der Waals surface area (Å²) < 4.78 is 27.1. The SMILES string of the molecule is Nc1cc(Br)c(F)cc1NCCc1ccccc1F. The number of rotatable bonds is 4. The van der Waals surface area contributed by atoms with Crippen LogP contribution in [-0.2, 0) is 6.42 Å². The van der Waals surface area contributed by atoms with E-state index in [9.17, 15) is 8.78 Å². The molecule has 0 amide bonds. The maximum Gasteiger partial charge on any atom is 0.139 e. The second-order valence-electron chi connectivity index (χ2n) is 4.12. The van der Waals surface area contributed by atoms with Gasteiger partial charge in [0.1, 0.15) is 11.6 Å². The highest BCUT2D eigenvalue weighted by Crippen LogP contribution is 2.26. The minimum atomic E-state index is -0.386. The van der Waals surface area contributed by atoms with Gasteiger partial charge in [-0.05, 0) is 40.0 Å². The van der Waals surface area contributed by atoms with Crippen molar-refractivity contribution < 1.29 is 8.78 Å². The smallest absolute Gasteiger partial charge is 0.139 e. The molecule has 3 N–H and O–H groups in total. The topological polar surface area (TPSA) is 38.0 Å². The van der Waals surface area contributed by atoms with Crippen LogP contribution in [0.25, 0.3) is 0 Å². The summed E-state index contributed by atoms with van der Waals surface area (Å²) in [6.45, 7) is 0.478. The average molecular weight is 327 g/mol. The molecule has 0 saturated heterocycles. The van der Waals surface area contributed by atoms with Crippen LogP contribution in [0, 0.1) is 11.6 Å². The van der Waals surface area contributed by atoms with Crippen molar-refractivity contribution in [1.29, 1.82) is 0 Å². The molecule has 0 fully saturated rings. The highest BCUT2D eigenvalue weighted by molar-refractivity contribution is 9.10. The van der Waals surface area contributed by atoms with Crippen molar-refractivity contribution in [1.82, 2.24) is 0 Å². The van der Waals surface area contributed by atoms with Gasteiger partial charge in [-0.2, -0.15) is 0 Å². The largest absolute Gasteiger partial charge is 0.397 e. The van der Waals surface area contributed by atoms with Gasteiger partial charge in [0.2, 0.25) is 0 Å². The van der Waals surface area contributed by atoms with Crippen LogP contribution in [0.3, 0.4) is 0 Å². The average Bonchev–Trinajstić information content (AvgIpc) is 2.38. The van der Waals surface area contributed by atoms with E-state index >= 15 is 0 Å². The van der Waals surface area contributed by atoms with Crippen LogP contribution in [0.1, 0.15) is 5.56 Å². The number of nitrogens with two attached hydrogens (primary N) is 1. The monoisotopic (exact) mass is 326 g/mol. The van der Waals surface area contributed by atoms with Gasteiger partial charge in [-0.15, -0.1) is 0 Å². The van der Waals surface area contributed by atoms with Crippen LogP contribution in [0.4, 0.5) is 20.2 Å². The van der Waals surface area contributed by atoms with E-state index in [2.05, 4.69) is 21.2 Å². The van der Waals surface area contributed by atoms with Gasteiger partial charge >= 0.3 is 0 Å². The lowest BCUT2D eigenvalue weighted by Crippen LogP contribution is -2.08. The fourth-order valence-electron chi connectivity index (χ4n) is 1.75. The quantitative estimate of drug-likeness (QED) is 0.834. The summed E-state index contributed by atoms with van der Waals surface area (Å²) >= 11 is 3.06. The zero-order valence-corrected chi connectivity index (χ0v) is 11.7. The molecule has 0 unspecified atom stereocenters. The number of anilines is 2. The fourth-order valence-corrected chi connectivity index (χ4v) is 2.11. The fraction of sp³-hybridized carbons (Fsp3) is 0.143. The van der Waals surface area contributed by atoms with Gasteiger partial charge < -0.3 is 11.1 Å². The first kappa shape index (κ1) is 13.8. The molecule has 0 atom stereocenters. The maximum absolute atomic E-state index is 13.4. The van der Waals surface area contributed by atoms with Crippen molar-refractivity contribution in [2.45, 2.75) is 6.42 Å². The molecule has 2 aromatic rings. The Bertz CT molecular complexity index is 588. The van der Waals surface area contributed by atoms with Gasteiger partial charge in [0.25, 0.3) is 0 Å². The third kappa shape index (κ3) is 3.44. The van der Waals surface area contributed by atoms with E-state index in [-0.39, 0.29) is 11.6 Å². The standard InChI is InChI=1S/C14H13BrF2N2/c15-10-7-13(18)14(8-12(10)17)19-6-5-9-3-1-2-4-11(9)16/h1-4,7-8,19H,5-6,18H2. The zero-order chi connectivity index (χ0) is 13.8. The summed E-state index contributed by atoms with van der Waals surface area (Å²) in [6.07, 6.45) is 0.504. The first-order valence-corrected chi connectivity index (χ1v) is 6.59. The Kier molecular flexibility index (Phi) is 4.37. The molecule has 0 aromatic heterocycles. The van der Waals surface area contributed by atoms with Gasteiger partial charge in [-0.3, -0.25) is 0 Å². The lowest BCUT2D eigenvalue weighted by atomic mass is 10.1. The molecule has 100 valence electrons. The van der Waals surface area contributed by atoms with E-state index < -0.39 is 0 Å². The third-order valence-electron chi connectivity index (χ3n) is 2.76. The van der Waals surface area contributed by atoms with Gasteiger partial charge in [0.05, 0.1) is 15.8 Å². The molecule has 0 radical (unpaired) electrons. The molecule has 2 nitrogen and oxygen atoms in total. The molecule has 19 heavy (non-hydrogen) atoms. The summed E-state index contributed by atoms with van der Waals surface area (Å²) in [6, 6.07) is 9.40. The van der Waals surface area contributed by atoms with E-state index in [1.165, 1.54) is 18.2 Å². The van der Waals surface area contributed by atoms with Crippen molar-refractivity contribution in [2.24, 2.45) is 0 Å². The number of hydrogen-bond donors (Lipinski definition) is 2. The maximum atomic E-state index is 13.4. The number of hydrogen-bond acceptors (Lipinski definition) is 2. The number of nitrogens with one attached hydrogen (secondary N) is 1. The second-order valence-corrected chi connectivity index (χ2v) is 4.98. The van der Waals surface area contributed by atoms with Crippen LogP contribution in [0.15, 0.2) is 40.9 Å². The predicted molar refractivity (Wildman–Crippen MR) is 77.1 cm³/mol. The lowest BCUT2D eigenvalue weighted by molar-refractivity contribution is 0.610. The van der Waals surface area contributed by atoms with Crippen molar-refractivity contribution in [3.63, 3.8) is 0 Å². The molecule has 0 aliphatic rings. The van der Waals surface area contributed by atoms with E-state index in [0.29, 0.717) is 34.4 Å². The highest BCUT2D eigenvalue weighted by Gasteiger charge is 2.06. The molecule has 2 aromatic carbocycles. The number of halogens is 3. The second kappa shape index (κ2) is 6.02. The summed E-state index contributed by atoms with van der Waals surface area (Å²) in [5.41, 5.74) is 7.34. The molecule has 0 saturated carbocycles. The van der Waals surface area contributed by atoms with E-state index in [1.54, 1.807) is 18.2 Å². The van der Waals surface area contributed by atoms with Gasteiger partial charge in [0.15, 0.2) is 0 Å². The summed E-state index contributed by atoms with van der Waals surface area (Å²) in [5, 5.41) is 3.00. The van der Waals surface area contributed by atoms with Crippen molar-refractivity contribution in [3.05, 3.63) is 58.1 Å². The number of benzene rings is 2. The van der Waals surface area contributed by atoms with Gasteiger partial charge in [-0.1, -0.05) is 18.2 Å². The van der Waals surface area contributed by atoms with E-state index in [0.717, 1.165) is 0 Å². The first-order valence-electron chi connectivity index (χ1n) is 5.79. The molecule has 0 aliphatic carbocycles. The Hall–Kier alpha value is -1.62. The summed E-state index contributed by atoms with van der Waals surface area (Å²) in [4.78, 5) is 0. The summed E-state index contributed by atoms with van der Waals surface area (Å²) in [7, 11) is 0. The first-order chi connectivity index (χ1) is 9.08. The van der Waals surface area contributed by atoms with Crippen LogP contribution < -0.4 is 11.1 Å². The summed E-state index contributed by atoms with van der Waals surface area (Å²) in [5.74, 6) is -0.623. The van der Waals surface area contributed by atoms with Crippen LogP contribution in [0.2, 0.25) is 0 Å². The lowest BCUT2D eigenvalue weighted by Gasteiger charge is -2.10.